The molecule has 0 bridgehead atoms. The van der Waals surface area contributed by atoms with E-state index in [9.17, 15) is 0 Å². The van der Waals surface area contributed by atoms with Gasteiger partial charge >= 0.3 is 17.1 Å². The number of rotatable bonds is 9. The summed E-state index contributed by atoms with van der Waals surface area (Å²) in [5.74, 6) is 1.89. The fourth-order valence-corrected chi connectivity index (χ4v) is 4.94. The third-order valence-corrected chi connectivity index (χ3v) is 7.02. The van der Waals surface area contributed by atoms with Crippen LogP contribution in [-0.2, 0) is 17.1 Å². The number of nitrogens with zero attached hydrogens (tertiary/aromatic N) is 6. The molecule has 0 saturated carbocycles. The van der Waals surface area contributed by atoms with Crippen molar-refractivity contribution in [2.45, 2.75) is 94.9 Å². The van der Waals surface area contributed by atoms with E-state index in [0.717, 1.165) is 89.6 Å². The minimum Gasteiger partial charge on any atom is -0.658 e. The molecule has 0 spiro atoms. The summed E-state index contributed by atoms with van der Waals surface area (Å²) in [4.78, 5) is 12.1. The van der Waals surface area contributed by atoms with Crippen molar-refractivity contribution in [3.05, 3.63) is 16.0 Å². The molecule has 0 amide bonds. The molecule has 4 atom stereocenters. The third kappa shape index (κ3) is 10.7. The number of nitrogens with one attached hydrogen (secondary N) is 1. The van der Waals surface area contributed by atoms with Gasteiger partial charge in [-0.25, -0.2) is 0 Å². The van der Waals surface area contributed by atoms with E-state index in [4.69, 9.17) is 37.4 Å². The molecule has 4 rings (SSSR count). The smallest absolute Gasteiger partial charge is 0.658 e. The molecule has 3 fully saturated rings. The Labute approximate surface area is 224 Å². The SMILES string of the molecule is C1CCC(C2=NC(C3CCCCN3)=NC(C3CCCC[N-]3)[N-]2)[N-]C1.CN(CCCN)CCCN.[Cu+2]. The van der Waals surface area contributed by atoms with E-state index in [1.807, 2.05) is 0 Å². The topological polar surface area (TPSA) is 134 Å². The fourth-order valence-electron chi connectivity index (χ4n) is 4.94. The molecule has 4 aliphatic rings. The molecule has 1 radical (unpaired) electrons. The Morgan fingerprint density at radius 2 is 1.60 bits per heavy atom. The fraction of sp³-hybridized carbons (Fsp3) is 0.920. The van der Waals surface area contributed by atoms with Gasteiger partial charge in [0.2, 0.25) is 0 Å². The van der Waals surface area contributed by atoms with Crippen LogP contribution in [0, 0.1) is 0 Å². The summed E-state index contributed by atoms with van der Waals surface area (Å²) in [5, 5.41) is 18.1. The molecule has 0 aromatic carbocycles. The van der Waals surface area contributed by atoms with E-state index < -0.39 is 0 Å². The second kappa shape index (κ2) is 17.8. The molecule has 9 nitrogen and oxygen atoms in total. The average Bonchev–Trinajstić information content (AvgIpc) is 2.92. The predicted octanol–water partition coefficient (Wildman–Crippen LogP) is 3.10. The first kappa shape index (κ1) is 30.6. The molecule has 4 aliphatic heterocycles. The Kier molecular flexibility index (Phi) is 15.6. The normalized spacial score (nSPS) is 29.1. The predicted molar refractivity (Wildman–Crippen MR) is 144 cm³/mol. The maximum absolute atomic E-state index is 5.35. The first-order chi connectivity index (χ1) is 16.7. The van der Waals surface area contributed by atoms with Crippen LogP contribution in [0.15, 0.2) is 9.98 Å². The standard InChI is InChI=1S/C18H29N6.C7H19N3.Cu/c1-4-10-19-13(7-1)16-22-17(14-8-2-5-11-20-14)24-18(23-16)15-9-3-6-12-21-15;1-10(6-2-4-8)7-3-5-9;/h13-16,20H,1-12H2;2-9H2,1H3;/q-3;;+2. The van der Waals surface area contributed by atoms with Crippen LogP contribution in [-0.4, -0.2) is 93.7 Å². The molecule has 10 heteroatoms. The summed E-state index contributed by atoms with van der Waals surface area (Å²) >= 11 is 0. The second-order valence-corrected chi connectivity index (χ2v) is 9.98. The molecular weight excluding hydrogens is 490 g/mol. The van der Waals surface area contributed by atoms with Crippen LogP contribution in [0.4, 0.5) is 0 Å². The maximum Gasteiger partial charge on any atom is 2.00 e. The van der Waals surface area contributed by atoms with Gasteiger partial charge in [-0.3, -0.25) is 4.99 Å². The molecule has 5 N–H and O–H groups in total. The minimum absolute atomic E-state index is 0. The molecular formula is C25H48CuN9-. The van der Waals surface area contributed by atoms with Gasteiger partial charge in [-0.05, 0) is 65.5 Å². The second-order valence-electron chi connectivity index (χ2n) is 9.98. The van der Waals surface area contributed by atoms with Gasteiger partial charge < -0.3 is 42.6 Å². The first-order valence-corrected chi connectivity index (χ1v) is 13.7. The zero-order valence-corrected chi connectivity index (χ0v) is 22.6. The zero-order chi connectivity index (χ0) is 24.0. The van der Waals surface area contributed by atoms with Crippen LogP contribution >= 0.6 is 0 Å². The molecule has 4 unspecified atom stereocenters. The minimum atomic E-state index is -0.0614. The molecule has 0 aromatic rings. The van der Waals surface area contributed by atoms with Crippen molar-refractivity contribution < 1.29 is 17.1 Å². The van der Waals surface area contributed by atoms with Gasteiger partial charge in [0.25, 0.3) is 0 Å². The third-order valence-electron chi connectivity index (χ3n) is 7.02. The number of aliphatic imine (C=N–C) groups is 2. The van der Waals surface area contributed by atoms with E-state index >= 15 is 0 Å². The maximum atomic E-state index is 5.35. The Bertz CT molecular complexity index is 604. The Morgan fingerprint density at radius 1 is 0.914 bits per heavy atom. The van der Waals surface area contributed by atoms with Crippen molar-refractivity contribution in [2.24, 2.45) is 21.5 Å². The van der Waals surface area contributed by atoms with E-state index in [2.05, 4.69) is 17.3 Å². The number of hydrogen-bond donors (Lipinski definition) is 3. The van der Waals surface area contributed by atoms with Gasteiger partial charge in [0.15, 0.2) is 0 Å². The van der Waals surface area contributed by atoms with E-state index in [1.54, 1.807) is 0 Å². The Morgan fingerprint density at radius 3 is 2.17 bits per heavy atom. The van der Waals surface area contributed by atoms with Gasteiger partial charge in [0.05, 0.1) is 0 Å². The Balaban J connectivity index is 0.000000338. The van der Waals surface area contributed by atoms with Crippen molar-refractivity contribution in [2.75, 3.05) is 52.9 Å². The van der Waals surface area contributed by atoms with Crippen molar-refractivity contribution >= 4 is 11.7 Å². The average molecular weight is 538 g/mol. The zero-order valence-electron chi connectivity index (χ0n) is 21.7. The number of hydrogen-bond acceptors (Lipinski definition) is 6. The molecule has 0 aliphatic carbocycles. The van der Waals surface area contributed by atoms with Crippen LogP contribution in [0.25, 0.3) is 16.0 Å². The van der Waals surface area contributed by atoms with Crippen LogP contribution in [0.5, 0.6) is 0 Å². The van der Waals surface area contributed by atoms with Crippen LogP contribution in [0.3, 0.4) is 0 Å². The Hall–Kier alpha value is -0.581. The van der Waals surface area contributed by atoms with Crippen LogP contribution in [0.1, 0.15) is 70.6 Å². The van der Waals surface area contributed by atoms with Gasteiger partial charge in [-0.1, -0.05) is 44.9 Å². The summed E-state index contributed by atoms with van der Waals surface area (Å²) in [6.07, 6.45) is 12.8. The van der Waals surface area contributed by atoms with Crippen molar-refractivity contribution in [1.82, 2.24) is 10.2 Å². The summed E-state index contributed by atoms with van der Waals surface area (Å²) in [7, 11) is 2.10. The van der Waals surface area contributed by atoms with Gasteiger partial charge in [-0.15, -0.1) is 31.0 Å². The van der Waals surface area contributed by atoms with E-state index in [-0.39, 0.29) is 35.3 Å². The molecule has 3 saturated heterocycles. The summed E-state index contributed by atoms with van der Waals surface area (Å²) in [5.41, 5.74) is 10.7. The molecule has 205 valence electrons. The van der Waals surface area contributed by atoms with E-state index in [1.165, 1.54) is 38.5 Å². The summed E-state index contributed by atoms with van der Waals surface area (Å²) in [6.45, 7) is 6.74. The monoisotopic (exact) mass is 537 g/mol. The number of piperidine rings is 3. The summed E-state index contributed by atoms with van der Waals surface area (Å²) < 4.78 is 0. The molecule has 35 heavy (non-hydrogen) atoms. The van der Waals surface area contributed by atoms with Gasteiger partial charge in [-0.2, -0.15) is 0 Å². The first-order valence-electron chi connectivity index (χ1n) is 13.7. The number of amidine groups is 2. The van der Waals surface area contributed by atoms with Gasteiger partial charge in [0.1, 0.15) is 0 Å². The quantitative estimate of drug-likeness (QED) is 0.389. The van der Waals surface area contributed by atoms with E-state index in [0.29, 0.717) is 6.04 Å². The van der Waals surface area contributed by atoms with Gasteiger partial charge in [0, 0.05) is 18.0 Å². The number of nitrogens with two attached hydrogens (primary N) is 2. The molecule has 4 heterocycles. The van der Waals surface area contributed by atoms with Crippen molar-refractivity contribution in [3.63, 3.8) is 0 Å². The van der Waals surface area contributed by atoms with Crippen LogP contribution in [0.2, 0.25) is 0 Å². The largest absolute Gasteiger partial charge is 2.00 e. The van der Waals surface area contributed by atoms with Crippen molar-refractivity contribution in [1.29, 1.82) is 0 Å². The van der Waals surface area contributed by atoms with Crippen molar-refractivity contribution in [3.8, 4) is 0 Å². The molecule has 0 aromatic heterocycles. The summed E-state index contributed by atoms with van der Waals surface area (Å²) in [6, 6.07) is 0.712. The van der Waals surface area contributed by atoms with Crippen LogP contribution < -0.4 is 16.8 Å².